The van der Waals surface area contributed by atoms with Crippen molar-refractivity contribution in [3.05, 3.63) is 0 Å². The molecule has 0 aliphatic heterocycles. The van der Waals surface area contributed by atoms with Crippen molar-refractivity contribution in [3.63, 3.8) is 0 Å². The standard InChI is InChI=1S/C13H24O9/c1-3-6(20-2)5-21-13(19)22-12-9(16)7(4-14)8(15)10(17)11(12)18/h6-12,14-18H,3-5H2,1-2H3/t6-,7?,8?,9?,10?,11?,12?/m1/s1. The van der Waals surface area contributed by atoms with Crippen molar-refractivity contribution in [2.75, 3.05) is 20.3 Å². The lowest BCUT2D eigenvalue weighted by molar-refractivity contribution is -0.214. The summed E-state index contributed by atoms with van der Waals surface area (Å²) in [7, 11) is 1.46. The van der Waals surface area contributed by atoms with Gasteiger partial charge in [-0.3, -0.25) is 0 Å². The number of methoxy groups -OCH3 is 1. The number of carbonyl (C=O) groups excluding carboxylic acids is 1. The fourth-order valence-corrected chi connectivity index (χ4v) is 2.31. The molecule has 1 aliphatic rings. The van der Waals surface area contributed by atoms with Crippen LogP contribution < -0.4 is 0 Å². The summed E-state index contributed by atoms with van der Waals surface area (Å²) in [6.45, 7) is 1.11. The number of rotatable bonds is 6. The third kappa shape index (κ3) is 4.28. The highest BCUT2D eigenvalue weighted by molar-refractivity contribution is 5.60. The summed E-state index contributed by atoms with van der Waals surface area (Å²) in [5, 5.41) is 48.2. The van der Waals surface area contributed by atoms with Crippen molar-refractivity contribution in [1.82, 2.24) is 0 Å². The molecule has 6 unspecified atom stereocenters. The second kappa shape index (κ2) is 8.61. The fraction of sp³-hybridized carbons (Fsp3) is 0.923. The molecule has 0 heterocycles. The first-order valence-corrected chi connectivity index (χ1v) is 7.06. The van der Waals surface area contributed by atoms with Crippen molar-refractivity contribution in [2.45, 2.75) is 50.0 Å². The van der Waals surface area contributed by atoms with Crippen LogP contribution in [0.3, 0.4) is 0 Å². The van der Waals surface area contributed by atoms with Gasteiger partial charge in [0, 0.05) is 13.0 Å². The summed E-state index contributed by atoms with van der Waals surface area (Å²) in [5.74, 6) is -1.15. The Balaban J connectivity index is 2.63. The van der Waals surface area contributed by atoms with E-state index >= 15 is 0 Å². The lowest BCUT2D eigenvalue weighted by Crippen LogP contribution is -2.63. The first-order valence-electron chi connectivity index (χ1n) is 7.06. The van der Waals surface area contributed by atoms with E-state index in [2.05, 4.69) is 0 Å². The molecular weight excluding hydrogens is 300 g/mol. The Morgan fingerprint density at radius 2 is 1.73 bits per heavy atom. The molecule has 0 aromatic heterocycles. The Kier molecular flexibility index (Phi) is 7.46. The molecule has 1 saturated carbocycles. The SMILES string of the molecule is CC[C@H](COC(=O)OC1C(O)C(O)C(O)C(CO)C1O)OC. The van der Waals surface area contributed by atoms with E-state index in [1.54, 1.807) is 0 Å². The molecule has 0 aromatic carbocycles. The molecule has 0 bridgehead atoms. The Bertz CT molecular complexity index is 346. The van der Waals surface area contributed by atoms with Gasteiger partial charge in [0.25, 0.3) is 0 Å². The minimum absolute atomic E-state index is 0.0701. The average molecular weight is 324 g/mol. The summed E-state index contributed by atoms with van der Waals surface area (Å²) in [6, 6.07) is 0. The minimum atomic E-state index is -1.70. The Morgan fingerprint density at radius 3 is 2.23 bits per heavy atom. The van der Waals surface area contributed by atoms with Gasteiger partial charge in [-0.25, -0.2) is 4.79 Å². The molecule has 0 saturated heterocycles. The van der Waals surface area contributed by atoms with Gasteiger partial charge in [0.2, 0.25) is 0 Å². The average Bonchev–Trinajstić information content (AvgIpc) is 2.51. The zero-order valence-corrected chi connectivity index (χ0v) is 12.5. The molecule has 0 aromatic rings. The lowest BCUT2D eigenvalue weighted by Gasteiger charge is -2.42. The van der Waals surface area contributed by atoms with Crippen LogP contribution >= 0.6 is 0 Å². The van der Waals surface area contributed by atoms with Crippen LogP contribution in [-0.2, 0) is 14.2 Å². The van der Waals surface area contributed by atoms with Crippen LogP contribution in [0.15, 0.2) is 0 Å². The maximum Gasteiger partial charge on any atom is 0.508 e. The van der Waals surface area contributed by atoms with Gasteiger partial charge in [0.1, 0.15) is 24.9 Å². The number of carbonyl (C=O) groups is 1. The summed E-state index contributed by atoms with van der Waals surface area (Å²) in [6.07, 6.45) is -8.84. The third-order valence-electron chi connectivity index (χ3n) is 3.87. The molecular formula is C13H24O9. The quantitative estimate of drug-likeness (QED) is 0.350. The summed E-state index contributed by atoms with van der Waals surface area (Å²) in [4.78, 5) is 11.6. The molecule has 0 spiro atoms. The molecule has 9 heteroatoms. The molecule has 5 N–H and O–H groups in total. The number of ether oxygens (including phenoxy) is 3. The number of hydrogen-bond donors (Lipinski definition) is 5. The molecule has 130 valence electrons. The molecule has 0 radical (unpaired) electrons. The van der Waals surface area contributed by atoms with E-state index < -0.39 is 49.2 Å². The second-order valence-electron chi connectivity index (χ2n) is 5.22. The van der Waals surface area contributed by atoms with E-state index in [4.69, 9.17) is 19.3 Å². The van der Waals surface area contributed by atoms with Crippen molar-refractivity contribution in [2.24, 2.45) is 5.92 Å². The van der Waals surface area contributed by atoms with Crippen LogP contribution in [0.5, 0.6) is 0 Å². The highest BCUT2D eigenvalue weighted by Crippen LogP contribution is 2.28. The Hall–Kier alpha value is -0.970. The van der Waals surface area contributed by atoms with Crippen molar-refractivity contribution >= 4 is 6.16 Å². The highest BCUT2D eigenvalue weighted by Gasteiger charge is 2.50. The second-order valence-corrected chi connectivity index (χ2v) is 5.22. The molecule has 9 nitrogen and oxygen atoms in total. The van der Waals surface area contributed by atoms with Crippen LogP contribution in [0.1, 0.15) is 13.3 Å². The predicted molar refractivity (Wildman–Crippen MR) is 71.9 cm³/mol. The molecule has 1 rings (SSSR count). The first kappa shape index (κ1) is 19.1. The van der Waals surface area contributed by atoms with Gasteiger partial charge in [0.05, 0.1) is 18.8 Å². The van der Waals surface area contributed by atoms with Gasteiger partial charge in [-0.05, 0) is 6.42 Å². The predicted octanol–water partition coefficient (Wildman–Crippen LogP) is -2.00. The van der Waals surface area contributed by atoms with Gasteiger partial charge < -0.3 is 39.7 Å². The van der Waals surface area contributed by atoms with E-state index in [1.807, 2.05) is 6.92 Å². The van der Waals surface area contributed by atoms with Gasteiger partial charge in [-0.15, -0.1) is 0 Å². The zero-order valence-electron chi connectivity index (χ0n) is 12.5. The van der Waals surface area contributed by atoms with E-state index in [1.165, 1.54) is 7.11 Å². The van der Waals surface area contributed by atoms with Crippen LogP contribution in [0.25, 0.3) is 0 Å². The van der Waals surface area contributed by atoms with Crippen molar-refractivity contribution in [3.8, 4) is 0 Å². The molecule has 1 fully saturated rings. The Labute approximate surface area is 128 Å². The number of hydrogen-bond acceptors (Lipinski definition) is 9. The van der Waals surface area contributed by atoms with Crippen molar-refractivity contribution in [1.29, 1.82) is 0 Å². The maximum absolute atomic E-state index is 11.6. The molecule has 22 heavy (non-hydrogen) atoms. The van der Waals surface area contributed by atoms with E-state index in [9.17, 15) is 25.2 Å². The fourth-order valence-electron chi connectivity index (χ4n) is 2.31. The lowest BCUT2D eigenvalue weighted by atomic mass is 9.79. The topological polar surface area (TPSA) is 146 Å². The van der Waals surface area contributed by atoms with Crippen LogP contribution in [0, 0.1) is 5.92 Å². The summed E-state index contributed by atoms with van der Waals surface area (Å²) in [5.41, 5.74) is 0. The minimum Gasteiger partial charge on any atom is -0.432 e. The monoisotopic (exact) mass is 324 g/mol. The first-order chi connectivity index (χ1) is 10.4. The van der Waals surface area contributed by atoms with Crippen LogP contribution in [-0.4, -0.2) is 88.6 Å². The normalized spacial score (nSPS) is 36.7. The van der Waals surface area contributed by atoms with Crippen LogP contribution in [0.2, 0.25) is 0 Å². The molecule has 1 aliphatic carbocycles. The smallest absolute Gasteiger partial charge is 0.432 e. The maximum atomic E-state index is 11.6. The number of aliphatic hydroxyl groups is 5. The van der Waals surface area contributed by atoms with E-state index in [-0.39, 0.29) is 12.7 Å². The highest BCUT2D eigenvalue weighted by atomic mass is 16.7. The summed E-state index contributed by atoms with van der Waals surface area (Å²) < 4.78 is 14.6. The van der Waals surface area contributed by atoms with E-state index in [0.29, 0.717) is 6.42 Å². The van der Waals surface area contributed by atoms with Crippen molar-refractivity contribution < 1.29 is 44.5 Å². The van der Waals surface area contributed by atoms with Gasteiger partial charge >= 0.3 is 6.16 Å². The van der Waals surface area contributed by atoms with Gasteiger partial charge in [0.15, 0.2) is 6.10 Å². The molecule has 7 atom stereocenters. The largest absolute Gasteiger partial charge is 0.508 e. The zero-order chi connectivity index (χ0) is 16.9. The number of aliphatic hydroxyl groups excluding tert-OH is 5. The Morgan fingerprint density at radius 1 is 1.09 bits per heavy atom. The van der Waals surface area contributed by atoms with Gasteiger partial charge in [-0.2, -0.15) is 0 Å². The third-order valence-corrected chi connectivity index (χ3v) is 3.87. The summed E-state index contributed by atoms with van der Waals surface area (Å²) >= 11 is 0. The van der Waals surface area contributed by atoms with Gasteiger partial charge in [-0.1, -0.05) is 6.92 Å². The molecule has 0 amide bonds. The van der Waals surface area contributed by atoms with Crippen LogP contribution in [0.4, 0.5) is 4.79 Å². The van der Waals surface area contributed by atoms with E-state index in [0.717, 1.165) is 0 Å².